The average Bonchev–Trinajstić information content (AvgIpc) is 2.71. The maximum atomic E-state index is 14.0. The van der Waals surface area contributed by atoms with Gasteiger partial charge in [-0.05, 0) is 25.1 Å². The fourth-order valence-corrected chi connectivity index (χ4v) is 3.07. The Hall–Kier alpha value is -2.84. The number of piperazine rings is 1. The molecule has 9 heteroatoms. The Kier molecular flexibility index (Phi) is 5.71. The maximum Gasteiger partial charge on any atom is 0.254 e. The van der Waals surface area contributed by atoms with Crippen LogP contribution in [0.4, 0.5) is 27.6 Å². The third kappa shape index (κ3) is 3.61. The van der Waals surface area contributed by atoms with E-state index in [1.54, 1.807) is 24.3 Å². The molecule has 0 saturated carbocycles. The maximum absolute atomic E-state index is 14.0. The third-order valence-corrected chi connectivity index (χ3v) is 4.46. The summed E-state index contributed by atoms with van der Waals surface area (Å²) in [6.45, 7) is 2.24. The Morgan fingerprint density at radius 1 is 0.929 bits per heavy atom. The molecule has 0 bridgehead atoms. The molecule has 0 atom stereocenters. The quantitative estimate of drug-likeness (QED) is 0.445. The number of rotatable bonds is 4. The van der Waals surface area contributed by atoms with Gasteiger partial charge in [0, 0.05) is 31.7 Å². The number of halogens is 5. The summed E-state index contributed by atoms with van der Waals surface area (Å²) in [7, 11) is 0. The fourth-order valence-electron chi connectivity index (χ4n) is 3.07. The highest BCUT2D eigenvalue weighted by Crippen LogP contribution is 2.31. The van der Waals surface area contributed by atoms with Gasteiger partial charge in [-0.25, -0.2) is 22.0 Å². The van der Waals surface area contributed by atoms with Crippen molar-refractivity contribution in [2.45, 2.75) is 6.92 Å². The molecule has 0 spiro atoms. The summed E-state index contributed by atoms with van der Waals surface area (Å²) in [6, 6.07) is 6.58. The van der Waals surface area contributed by atoms with E-state index < -0.39 is 34.8 Å². The predicted octanol–water partition coefficient (Wildman–Crippen LogP) is 3.74. The number of amides is 1. The average molecular weight is 400 g/mol. The molecular weight excluding hydrogens is 383 g/mol. The summed E-state index contributed by atoms with van der Waals surface area (Å²) in [6.07, 6.45) is 0. The van der Waals surface area contributed by atoms with Gasteiger partial charge in [-0.2, -0.15) is 0 Å². The van der Waals surface area contributed by atoms with Crippen molar-refractivity contribution in [1.82, 2.24) is 4.90 Å². The van der Waals surface area contributed by atoms with Crippen LogP contribution in [-0.4, -0.2) is 43.6 Å². The molecule has 2 aromatic rings. The van der Waals surface area contributed by atoms with Crippen LogP contribution < -0.4 is 9.64 Å². The van der Waals surface area contributed by atoms with Gasteiger partial charge in [0.15, 0.2) is 23.3 Å². The lowest BCUT2D eigenvalue weighted by molar-refractivity contribution is 0.0746. The molecule has 1 aliphatic heterocycles. The molecule has 3 rings (SSSR count). The number of carbonyl (C=O) groups is 1. The number of hydrogen-bond donors (Lipinski definition) is 0. The first kappa shape index (κ1) is 19.9. The van der Waals surface area contributed by atoms with Gasteiger partial charge in [-0.3, -0.25) is 4.79 Å². The van der Waals surface area contributed by atoms with E-state index in [9.17, 15) is 26.7 Å². The Labute approximate surface area is 158 Å². The SMILES string of the molecule is CCOc1cccc(C(=O)N2CCN(c3c(F)c(F)c(F)c(F)c3F)CC2)c1. The highest BCUT2D eigenvalue weighted by molar-refractivity contribution is 5.94. The van der Waals surface area contributed by atoms with E-state index in [1.807, 2.05) is 6.92 Å². The van der Waals surface area contributed by atoms with Gasteiger partial charge < -0.3 is 14.5 Å². The molecule has 0 aromatic heterocycles. The second kappa shape index (κ2) is 8.04. The minimum absolute atomic E-state index is 0.0667. The van der Waals surface area contributed by atoms with E-state index in [1.165, 1.54) is 4.90 Å². The number of hydrogen-bond acceptors (Lipinski definition) is 3. The Morgan fingerprint density at radius 2 is 1.50 bits per heavy atom. The van der Waals surface area contributed by atoms with Crippen LogP contribution in [-0.2, 0) is 0 Å². The van der Waals surface area contributed by atoms with E-state index in [4.69, 9.17) is 4.74 Å². The van der Waals surface area contributed by atoms with Crippen LogP contribution in [0.2, 0.25) is 0 Å². The lowest BCUT2D eigenvalue weighted by Gasteiger charge is -2.36. The summed E-state index contributed by atoms with van der Waals surface area (Å²) in [5.41, 5.74) is -0.586. The number of ether oxygens (including phenoxy) is 1. The number of nitrogens with zero attached hydrogens (tertiary/aromatic N) is 2. The summed E-state index contributed by atoms with van der Waals surface area (Å²) in [5.74, 6) is -9.68. The van der Waals surface area contributed by atoms with Crippen LogP contribution in [0, 0.1) is 29.1 Å². The molecule has 4 nitrogen and oxygen atoms in total. The largest absolute Gasteiger partial charge is 0.494 e. The van der Waals surface area contributed by atoms with Crippen molar-refractivity contribution in [3.63, 3.8) is 0 Å². The summed E-state index contributed by atoms with van der Waals surface area (Å²) in [5, 5.41) is 0. The molecule has 28 heavy (non-hydrogen) atoms. The Balaban J connectivity index is 1.75. The fraction of sp³-hybridized carbons (Fsp3) is 0.316. The molecule has 1 aliphatic rings. The molecule has 1 heterocycles. The summed E-state index contributed by atoms with van der Waals surface area (Å²) in [4.78, 5) is 15.1. The first-order chi connectivity index (χ1) is 13.3. The number of anilines is 1. The van der Waals surface area contributed by atoms with Gasteiger partial charge in [0.1, 0.15) is 11.4 Å². The third-order valence-electron chi connectivity index (χ3n) is 4.46. The second-order valence-corrected chi connectivity index (χ2v) is 6.16. The predicted molar refractivity (Wildman–Crippen MR) is 92.0 cm³/mol. The van der Waals surface area contributed by atoms with E-state index in [-0.39, 0.29) is 32.1 Å². The zero-order valence-corrected chi connectivity index (χ0v) is 14.9. The molecule has 1 amide bonds. The second-order valence-electron chi connectivity index (χ2n) is 6.16. The van der Waals surface area contributed by atoms with Crippen molar-refractivity contribution in [1.29, 1.82) is 0 Å². The van der Waals surface area contributed by atoms with Crippen LogP contribution in [0.1, 0.15) is 17.3 Å². The topological polar surface area (TPSA) is 32.8 Å². The normalized spacial score (nSPS) is 14.4. The van der Waals surface area contributed by atoms with Gasteiger partial charge in [0.2, 0.25) is 5.82 Å². The van der Waals surface area contributed by atoms with Crippen molar-refractivity contribution < 1.29 is 31.5 Å². The standard InChI is InChI=1S/C19H17F5N2O2/c1-2-28-12-5-3-4-11(10-12)19(27)26-8-6-25(7-9-26)18-16(23)14(21)13(20)15(22)17(18)24/h3-5,10H,2,6-9H2,1H3. The highest BCUT2D eigenvalue weighted by Gasteiger charge is 2.31. The van der Waals surface area contributed by atoms with E-state index in [0.29, 0.717) is 17.9 Å². The summed E-state index contributed by atoms with van der Waals surface area (Å²) >= 11 is 0. The summed E-state index contributed by atoms with van der Waals surface area (Å²) < 4.78 is 73.3. The molecule has 2 aromatic carbocycles. The lowest BCUT2D eigenvalue weighted by Crippen LogP contribution is -2.49. The lowest BCUT2D eigenvalue weighted by atomic mass is 10.1. The number of benzene rings is 2. The Bertz CT molecular complexity index is 869. The van der Waals surface area contributed by atoms with Gasteiger partial charge in [0.05, 0.1) is 6.61 Å². The van der Waals surface area contributed by atoms with E-state index >= 15 is 0 Å². The molecule has 0 aliphatic carbocycles. The monoisotopic (exact) mass is 400 g/mol. The van der Waals surface area contributed by atoms with Crippen molar-refractivity contribution in [3.8, 4) is 5.75 Å². The van der Waals surface area contributed by atoms with Crippen LogP contribution >= 0.6 is 0 Å². The van der Waals surface area contributed by atoms with Crippen molar-refractivity contribution >= 4 is 11.6 Å². The molecule has 1 saturated heterocycles. The van der Waals surface area contributed by atoms with Crippen molar-refractivity contribution in [2.24, 2.45) is 0 Å². The van der Waals surface area contributed by atoms with Gasteiger partial charge >= 0.3 is 0 Å². The molecule has 0 radical (unpaired) electrons. The van der Waals surface area contributed by atoms with Crippen molar-refractivity contribution in [3.05, 3.63) is 58.9 Å². The first-order valence-electron chi connectivity index (χ1n) is 8.63. The smallest absolute Gasteiger partial charge is 0.254 e. The zero-order valence-electron chi connectivity index (χ0n) is 14.9. The van der Waals surface area contributed by atoms with E-state index in [0.717, 1.165) is 4.90 Å². The van der Waals surface area contributed by atoms with Gasteiger partial charge in [0.25, 0.3) is 5.91 Å². The molecular formula is C19H17F5N2O2. The number of carbonyl (C=O) groups excluding carboxylic acids is 1. The molecule has 0 N–H and O–H groups in total. The highest BCUT2D eigenvalue weighted by atomic mass is 19.2. The van der Waals surface area contributed by atoms with Crippen LogP contribution in [0.15, 0.2) is 24.3 Å². The molecule has 1 fully saturated rings. The van der Waals surface area contributed by atoms with Crippen LogP contribution in [0.5, 0.6) is 5.75 Å². The first-order valence-corrected chi connectivity index (χ1v) is 8.63. The van der Waals surface area contributed by atoms with E-state index in [2.05, 4.69) is 0 Å². The van der Waals surface area contributed by atoms with Crippen LogP contribution in [0.3, 0.4) is 0 Å². The zero-order chi connectivity index (χ0) is 20.4. The van der Waals surface area contributed by atoms with Gasteiger partial charge in [-0.15, -0.1) is 0 Å². The molecule has 0 unspecified atom stereocenters. The van der Waals surface area contributed by atoms with Crippen LogP contribution in [0.25, 0.3) is 0 Å². The minimum Gasteiger partial charge on any atom is -0.494 e. The Morgan fingerprint density at radius 3 is 2.07 bits per heavy atom. The van der Waals surface area contributed by atoms with Crippen molar-refractivity contribution in [2.75, 3.05) is 37.7 Å². The minimum atomic E-state index is -2.19. The molecule has 150 valence electrons. The van der Waals surface area contributed by atoms with Gasteiger partial charge in [-0.1, -0.05) is 6.07 Å².